The molecule has 0 radical (unpaired) electrons. The molecule has 2 rings (SSSR count). The van der Waals surface area contributed by atoms with E-state index in [1.54, 1.807) is 18.9 Å². The molecule has 0 aliphatic rings. The number of ether oxygens (including phenoxy) is 1. The lowest BCUT2D eigenvalue weighted by molar-refractivity contribution is -0.128. The van der Waals surface area contributed by atoms with Crippen molar-refractivity contribution in [3.8, 4) is 5.75 Å². The monoisotopic (exact) mass is 315 g/mol. The van der Waals surface area contributed by atoms with Gasteiger partial charge in [-0.25, -0.2) is 0 Å². The van der Waals surface area contributed by atoms with Crippen LogP contribution < -0.4 is 4.74 Å². The standard InChI is InChI=1S/C18H21NO2S/c1-3-19(13-15-9-11-16(21-2)12-10-15)18(20)14-22-17-7-5-4-6-8-17/h4-12H,3,13-14H2,1-2H3. The highest BCUT2D eigenvalue weighted by atomic mass is 32.2. The molecule has 0 saturated carbocycles. The lowest BCUT2D eigenvalue weighted by atomic mass is 10.2. The molecule has 0 N–H and O–H groups in total. The van der Waals surface area contributed by atoms with Gasteiger partial charge in [-0.15, -0.1) is 11.8 Å². The maximum absolute atomic E-state index is 12.4. The lowest BCUT2D eigenvalue weighted by Gasteiger charge is -2.21. The number of methoxy groups -OCH3 is 1. The zero-order valence-electron chi connectivity index (χ0n) is 13.0. The second kappa shape index (κ2) is 8.49. The summed E-state index contributed by atoms with van der Waals surface area (Å²) >= 11 is 1.58. The van der Waals surface area contributed by atoms with Crippen molar-refractivity contribution < 1.29 is 9.53 Å². The van der Waals surface area contributed by atoms with Gasteiger partial charge < -0.3 is 9.64 Å². The minimum atomic E-state index is 0.159. The number of carbonyl (C=O) groups is 1. The van der Waals surface area contributed by atoms with Gasteiger partial charge in [0.25, 0.3) is 0 Å². The Morgan fingerprint density at radius 3 is 2.36 bits per heavy atom. The third-order valence-corrected chi connectivity index (χ3v) is 4.37. The van der Waals surface area contributed by atoms with Crippen LogP contribution in [0.1, 0.15) is 12.5 Å². The van der Waals surface area contributed by atoms with Gasteiger partial charge in [0.15, 0.2) is 0 Å². The molecule has 0 saturated heterocycles. The molecular weight excluding hydrogens is 294 g/mol. The Labute approximate surface area is 136 Å². The first-order chi connectivity index (χ1) is 10.7. The summed E-state index contributed by atoms with van der Waals surface area (Å²) in [7, 11) is 1.65. The van der Waals surface area contributed by atoms with Crippen molar-refractivity contribution in [3.63, 3.8) is 0 Å². The molecule has 2 aromatic rings. The van der Waals surface area contributed by atoms with Crippen LogP contribution in [0.3, 0.4) is 0 Å². The van der Waals surface area contributed by atoms with E-state index in [0.717, 1.165) is 16.2 Å². The van der Waals surface area contributed by atoms with Gasteiger partial charge in [0.05, 0.1) is 12.9 Å². The Morgan fingerprint density at radius 1 is 1.09 bits per heavy atom. The Hall–Kier alpha value is -1.94. The van der Waals surface area contributed by atoms with Crippen molar-refractivity contribution in [1.82, 2.24) is 4.90 Å². The van der Waals surface area contributed by atoms with E-state index < -0.39 is 0 Å². The van der Waals surface area contributed by atoms with E-state index in [-0.39, 0.29) is 5.91 Å². The third-order valence-electron chi connectivity index (χ3n) is 3.37. The summed E-state index contributed by atoms with van der Waals surface area (Å²) in [6.45, 7) is 3.35. The van der Waals surface area contributed by atoms with Gasteiger partial charge in [0.1, 0.15) is 5.75 Å². The van der Waals surface area contributed by atoms with Crippen LogP contribution >= 0.6 is 11.8 Å². The molecule has 2 aromatic carbocycles. The summed E-state index contributed by atoms with van der Waals surface area (Å²) in [5.41, 5.74) is 1.11. The van der Waals surface area contributed by atoms with E-state index in [1.165, 1.54) is 0 Å². The quantitative estimate of drug-likeness (QED) is 0.727. The van der Waals surface area contributed by atoms with Gasteiger partial charge in [0, 0.05) is 18.0 Å². The van der Waals surface area contributed by atoms with E-state index in [0.29, 0.717) is 18.8 Å². The van der Waals surface area contributed by atoms with E-state index in [2.05, 4.69) is 0 Å². The van der Waals surface area contributed by atoms with Crippen molar-refractivity contribution in [2.75, 3.05) is 19.4 Å². The van der Waals surface area contributed by atoms with Gasteiger partial charge in [-0.2, -0.15) is 0 Å². The summed E-state index contributed by atoms with van der Waals surface area (Å²) in [6.07, 6.45) is 0. The van der Waals surface area contributed by atoms with Crippen LogP contribution in [0.15, 0.2) is 59.5 Å². The Morgan fingerprint density at radius 2 is 1.77 bits per heavy atom. The second-order valence-corrected chi connectivity index (χ2v) is 5.91. The van der Waals surface area contributed by atoms with Crippen LogP contribution in [0, 0.1) is 0 Å². The molecule has 0 unspecified atom stereocenters. The number of hydrogen-bond donors (Lipinski definition) is 0. The molecule has 0 aliphatic carbocycles. The van der Waals surface area contributed by atoms with E-state index in [4.69, 9.17) is 4.74 Å². The number of nitrogens with zero attached hydrogens (tertiary/aromatic N) is 1. The largest absolute Gasteiger partial charge is 0.497 e. The summed E-state index contributed by atoms with van der Waals surface area (Å²) in [5.74, 6) is 1.46. The van der Waals surface area contributed by atoms with Crippen LogP contribution in [-0.2, 0) is 11.3 Å². The predicted octanol–water partition coefficient (Wildman–Crippen LogP) is 3.84. The number of benzene rings is 2. The fourth-order valence-electron chi connectivity index (χ4n) is 2.08. The molecule has 4 heteroatoms. The van der Waals surface area contributed by atoms with Crippen molar-refractivity contribution >= 4 is 17.7 Å². The highest BCUT2D eigenvalue weighted by Gasteiger charge is 2.12. The fourth-order valence-corrected chi connectivity index (χ4v) is 2.90. The maximum Gasteiger partial charge on any atom is 0.233 e. The van der Waals surface area contributed by atoms with Gasteiger partial charge in [0.2, 0.25) is 5.91 Å². The Bertz CT molecular complexity index is 584. The molecule has 0 bridgehead atoms. The van der Waals surface area contributed by atoms with Crippen molar-refractivity contribution in [2.24, 2.45) is 0 Å². The first-order valence-corrected chi connectivity index (χ1v) is 8.30. The molecule has 0 fully saturated rings. The second-order valence-electron chi connectivity index (χ2n) is 4.86. The SMILES string of the molecule is CCN(Cc1ccc(OC)cc1)C(=O)CSc1ccccc1. The van der Waals surface area contributed by atoms with Crippen molar-refractivity contribution in [2.45, 2.75) is 18.4 Å². The summed E-state index contributed by atoms with van der Waals surface area (Å²) in [5, 5.41) is 0. The van der Waals surface area contributed by atoms with Gasteiger partial charge in [-0.1, -0.05) is 30.3 Å². The van der Waals surface area contributed by atoms with E-state index >= 15 is 0 Å². The first-order valence-electron chi connectivity index (χ1n) is 7.31. The van der Waals surface area contributed by atoms with Crippen LogP contribution in [0.5, 0.6) is 5.75 Å². The Kier molecular flexibility index (Phi) is 6.34. The lowest BCUT2D eigenvalue weighted by Crippen LogP contribution is -2.31. The predicted molar refractivity (Wildman–Crippen MR) is 91.3 cm³/mol. The summed E-state index contributed by atoms with van der Waals surface area (Å²) in [4.78, 5) is 15.3. The molecular formula is C18H21NO2S. The van der Waals surface area contributed by atoms with E-state index in [1.807, 2.05) is 66.4 Å². The highest BCUT2D eigenvalue weighted by Crippen LogP contribution is 2.18. The van der Waals surface area contributed by atoms with Gasteiger partial charge in [-0.05, 0) is 36.8 Å². The van der Waals surface area contributed by atoms with Crippen molar-refractivity contribution in [3.05, 3.63) is 60.2 Å². The normalized spacial score (nSPS) is 10.3. The van der Waals surface area contributed by atoms with Gasteiger partial charge >= 0.3 is 0 Å². The maximum atomic E-state index is 12.4. The first kappa shape index (κ1) is 16.4. The fraction of sp³-hybridized carbons (Fsp3) is 0.278. The third kappa shape index (κ3) is 4.81. The molecule has 0 spiro atoms. The van der Waals surface area contributed by atoms with Crippen LogP contribution in [0.4, 0.5) is 0 Å². The molecule has 0 heterocycles. The van der Waals surface area contributed by atoms with E-state index in [9.17, 15) is 4.79 Å². The minimum Gasteiger partial charge on any atom is -0.497 e. The number of hydrogen-bond acceptors (Lipinski definition) is 3. The molecule has 0 aromatic heterocycles. The Balaban J connectivity index is 1.90. The number of amides is 1. The van der Waals surface area contributed by atoms with Crippen LogP contribution in [-0.4, -0.2) is 30.2 Å². The molecule has 116 valence electrons. The molecule has 22 heavy (non-hydrogen) atoms. The zero-order chi connectivity index (χ0) is 15.8. The number of carbonyl (C=O) groups excluding carboxylic acids is 1. The average molecular weight is 315 g/mol. The molecule has 3 nitrogen and oxygen atoms in total. The average Bonchev–Trinajstić information content (AvgIpc) is 2.59. The van der Waals surface area contributed by atoms with Gasteiger partial charge in [-0.3, -0.25) is 4.79 Å². The summed E-state index contributed by atoms with van der Waals surface area (Å²) < 4.78 is 5.15. The smallest absolute Gasteiger partial charge is 0.233 e. The molecule has 0 atom stereocenters. The highest BCUT2D eigenvalue weighted by molar-refractivity contribution is 8.00. The van der Waals surface area contributed by atoms with Crippen LogP contribution in [0.2, 0.25) is 0 Å². The van der Waals surface area contributed by atoms with Crippen molar-refractivity contribution in [1.29, 1.82) is 0 Å². The molecule has 1 amide bonds. The zero-order valence-corrected chi connectivity index (χ0v) is 13.8. The minimum absolute atomic E-state index is 0.159. The van der Waals surface area contributed by atoms with Crippen LogP contribution in [0.25, 0.3) is 0 Å². The molecule has 0 aliphatic heterocycles. The number of rotatable bonds is 7. The topological polar surface area (TPSA) is 29.5 Å². The summed E-state index contributed by atoms with van der Waals surface area (Å²) in [6, 6.07) is 17.9. The number of thioether (sulfide) groups is 1.